The van der Waals surface area contributed by atoms with Gasteiger partial charge in [-0.1, -0.05) is 43.6 Å². The SMILES string of the molecule is Cc1ccc(C(C)C)c(OCC(=O)NCCSCc2c(F)cccc2Cl)c1. The maximum absolute atomic E-state index is 13.7. The first-order valence-electron chi connectivity index (χ1n) is 8.89. The van der Waals surface area contributed by atoms with Gasteiger partial charge in [-0.05, 0) is 42.2 Å². The van der Waals surface area contributed by atoms with E-state index in [1.165, 1.54) is 17.8 Å². The second-order valence-corrected chi connectivity index (χ2v) is 8.10. The lowest BCUT2D eigenvalue weighted by atomic mass is 10.0. The highest BCUT2D eigenvalue weighted by Gasteiger charge is 2.10. The van der Waals surface area contributed by atoms with Gasteiger partial charge in [0.25, 0.3) is 5.91 Å². The number of nitrogens with one attached hydrogen (secondary N) is 1. The Kier molecular flexibility index (Phi) is 8.45. The van der Waals surface area contributed by atoms with Crippen LogP contribution in [0.25, 0.3) is 0 Å². The summed E-state index contributed by atoms with van der Waals surface area (Å²) in [6.45, 7) is 6.65. The number of ether oxygens (including phenoxy) is 1. The van der Waals surface area contributed by atoms with Crippen LogP contribution in [0.1, 0.15) is 36.5 Å². The molecule has 0 aliphatic rings. The van der Waals surface area contributed by atoms with Gasteiger partial charge < -0.3 is 10.1 Å². The molecule has 0 fully saturated rings. The summed E-state index contributed by atoms with van der Waals surface area (Å²) in [7, 11) is 0. The molecule has 6 heteroatoms. The van der Waals surface area contributed by atoms with Crippen LogP contribution in [0, 0.1) is 12.7 Å². The van der Waals surface area contributed by atoms with Gasteiger partial charge >= 0.3 is 0 Å². The third kappa shape index (κ3) is 6.74. The van der Waals surface area contributed by atoms with Crippen LogP contribution in [0.4, 0.5) is 4.39 Å². The molecule has 0 heterocycles. The number of hydrogen-bond donors (Lipinski definition) is 1. The fourth-order valence-corrected chi connectivity index (χ4v) is 3.74. The molecule has 27 heavy (non-hydrogen) atoms. The second kappa shape index (κ2) is 10.6. The van der Waals surface area contributed by atoms with E-state index in [1.807, 2.05) is 25.1 Å². The van der Waals surface area contributed by atoms with Crippen molar-refractivity contribution < 1.29 is 13.9 Å². The number of amides is 1. The largest absolute Gasteiger partial charge is 0.483 e. The van der Waals surface area contributed by atoms with Crippen molar-refractivity contribution in [2.75, 3.05) is 18.9 Å². The quantitative estimate of drug-likeness (QED) is 0.568. The van der Waals surface area contributed by atoms with Gasteiger partial charge in [-0.3, -0.25) is 4.79 Å². The maximum Gasteiger partial charge on any atom is 0.257 e. The smallest absolute Gasteiger partial charge is 0.257 e. The summed E-state index contributed by atoms with van der Waals surface area (Å²) >= 11 is 7.52. The number of rotatable bonds is 9. The Bertz CT molecular complexity index is 763. The van der Waals surface area contributed by atoms with Crippen LogP contribution in [0.15, 0.2) is 36.4 Å². The van der Waals surface area contributed by atoms with Gasteiger partial charge in [0.05, 0.1) is 0 Å². The molecule has 0 bridgehead atoms. The van der Waals surface area contributed by atoms with Gasteiger partial charge in [-0.2, -0.15) is 11.8 Å². The Balaban J connectivity index is 1.72. The first kappa shape index (κ1) is 21.6. The number of benzene rings is 2. The molecule has 0 aliphatic carbocycles. The van der Waals surface area contributed by atoms with E-state index in [4.69, 9.17) is 16.3 Å². The summed E-state index contributed by atoms with van der Waals surface area (Å²) in [5, 5.41) is 3.25. The summed E-state index contributed by atoms with van der Waals surface area (Å²) in [5.74, 6) is 1.74. The molecular formula is C21H25ClFNO2S. The number of hydrogen-bond acceptors (Lipinski definition) is 3. The number of carbonyl (C=O) groups excluding carboxylic acids is 1. The summed E-state index contributed by atoms with van der Waals surface area (Å²) in [4.78, 5) is 12.0. The predicted octanol–water partition coefficient (Wildman–Crippen LogP) is 5.34. The fraction of sp³-hybridized carbons (Fsp3) is 0.381. The van der Waals surface area contributed by atoms with Crippen molar-refractivity contribution in [1.82, 2.24) is 5.32 Å². The van der Waals surface area contributed by atoms with Crippen LogP contribution in [0.3, 0.4) is 0 Å². The van der Waals surface area contributed by atoms with Gasteiger partial charge in [-0.25, -0.2) is 4.39 Å². The monoisotopic (exact) mass is 409 g/mol. The van der Waals surface area contributed by atoms with Crippen molar-refractivity contribution in [3.8, 4) is 5.75 Å². The van der Waals surface area contributed by atoms with Crippen LogP contribution in [0.5, 0.6) is 5.75 Å². The molecule has 0 saturated heterocycles. The minimum atomic E-state index is -0.299. The van der Waals surface area contributed by atoms with E-state index in [9.17, 15) is 9.18 Å². The molecule has 3 nitrogen and oxygen atoms in total. The fourth-order valence-electron chi connectivity index (χ4n) is 2.54. The Morgan fingerprint density at radius 2 is 2.07 bits per heavy atom. The van der Waals surface area contributed by atoms with Gasteiger partial charge in [-0.15, -0.1) is 0 Å². The van der Waals surface area contributed by atoms with E-state index in [2.05, 4.69) is 19.2 Å². The van der Waals surface area contributed by atoms with Gasteiger partial charge in [0.1, 0.15) is 11.6 Å². The van der Waals surface area contributed by atoms with E-state index < -0.39 is 0 Å². The van der Waals surface area contributed by atoms with Gasteiger partial charge in [0, 0.05) is 28.6 Å². The molecule has 0 radical (unpaired) electrons. The number of halogens is 2. The molecule has 2 aromatic carbocycles. The zero-order valence-electron chi connectivity index (χ0n) is 15.9. The lowest BCUT2D eigenvalue weighted by Crippen LogP contribution is -2.30. The predicted molar refractivity (Wildman–Crippen MR) is 111 cm³/mol. The Labute approximate surface area is 169 Å². The first-order valence-corrected chi connectivity index (χ1v) is 10.4. The van der Waals surface area contributed by atoms with Crippen LogP contribution >= 0.6 is 23.4 Å². The lowest BCUT2D eigenvalue weighted by molar-refractivity contribution is -0.122. The molecular weight excluding hydrogens is 385 g/mol. The summed E-state index contributed by atoms with van der Waals surface area (Å²) in [6, 6.07) is 10.7. The van der Waals surface area contributed by atoms with Crippen LogP contribution in [0.2, 0.25) is 5.02 Å². The highest BCUT2D eigenvalue weighted by molar-refractivity contribution is 7.98. The molecule has 0 aliphatic heterocycles. The zero-order chi connectivity index (χ0) is 19.8. The van der Waals surface area contributed by atoms with Crippen molar-refractivity contribution in [2.45, 2.75) is 32.4 Å². The molecule has 0 atom stereocenters. The number of aryl methyl sites for hydroxylation is 1. The van der Waals surface area contributed by atoms with Gasteiger partial charge in [0.15, 0.2) is 6.61 Å². The third-order valence-corrected chi connectivity index (χ3v) is 5.37. The summed E-state index contributed by atoms with van der Waals surface area (Å²) in [6.07, 6.45) is 0. The van der Waals surface area contributed by atoms with Crippen LogP contribution in [-0.2, 0) is 10.5 Å². The highest BCUT2D eigenvalue weighted by atomic mass is 35.5. The van der Waals surface area contributed by atoms with E-state index in [1.54, 1.807) is 12.1 Å². The first-order chi connectivity index (χ1) is 12.9. The molecule has 2 rings (SSSR count). The van der Waals surface area contributed by atoms with Crippen LogP contribution in [-0.4, -0.2) is 24.8 Å². The van der Waals surface area contributed by atoms with Gasteiger partial charge in [0.2, 0.25) is 0 Å². The van der Waals surface area contributed by atoms with Crippen molar-refractivity contribution >= 4 is 29.3 Å². The zero-order valence-corrected chi connectivity index (χ0v) is 17.4. The van der Waals surface area contributed by atoms with E-state index in [-0.39, 0.29) is 18.3 Å². The molecule has 0 spiro atoms. The van der Waals surface area contributed by atoms with Crippen molar-refractivity contribution in [2.24, 2.45) is 0 Å². The third-order valence-electron chi connectivity index (χ3n) is 4.03. The minimum absolute atomic E-state index is 0.0209. The molecule has 146 valence electrons. The van der Waals surface area contributed by atoms with Crippen molar-refractivity contribution in [3.05, 3.63) is 63.9 Å². The molecule has 0 aromatic heterocycles. The van der Waals surface area contributed by atoms with Crippen molar-refractivity contribution in [3.63, 3.8) is 0 Å². The number of carbonyl (C=O) groups is 1. The molecule has 1 amide bonds. The van der Waals surface area contributed by atoms with E-state index in [0.29, 0.717) is 34.6 Å². The Morgan fingerprint density at radius 1 is 1.30 bits per heavy atom. The topological polar surface area (TPSA) is 38.3 Å². The Morgan fingerprint density at radius 3 is 2.78 bits per heavy atom. The average Bonchev–Trinajstić information content (AvgIpc) is 2.61. The molecule has 1 N–H and O–H groups in total. The lowest BCUT2D eigenvalue weighted by Gasteiger charge is -2.14. The standard InChI is InChI=1S/C21H25ClFNO2S/c1-14(2)16-8-7-15(3)11-20(16)26-12-21(25)24-9-10-27-13-17-18(22)5-4-6-19(17)23/h4-8,11,14H,9-10,12-13H2,1-3H3,(H,24,25). The van der Waals surface area contributed by atoms with Crippen molar-refractivity contribution in [1.29, 1.82) is 0 Å². The Hall–Kier alpha value is -1.72. The maximum atomic E-state index is 13.7. The minimum Gasteiger partial charge on any atom is -0.483 e. The normalized spacial score (nSPS) is 10.9. The van der Waals surface area contributed by atoms with Crippen LogP contribution < -0.4 is 10.1 Å². The second-order valence-electron chi connectivity index (χ2n) is 6.59. The molecule has 0 unspecified atom stereocenters. The summed E-state index contributed by atoms with van der Waals surface area (Å²) < 4.78 is 19.4. The molecule has 0 saturated carbocycles. The van der Waals surface area contributed by atoms with E-state index in [0.717, 1.165) is 16.9 Å². The number of thioether (sulfide) groups is 1. The molecule has 2 aromatic rings. The average molecular weight is 410 g/mol. The highest BCUT2D eigenvalue weighted by Crippen LogP contribution is 2.27. The van der Waals surface area contributed by atoms with E-state index >= 15 is 0 Å². The summed E-state index contributed by atoms with van der Waals surface area (Å²) in [5.41, 5.74) is 2.68.